The van der Waals surface area contributed by atoms with Gasteiger partial charge >= 0.3 is 0 Å². The summed E-state index contributed by atoms with van der Waals surface area (Å²) in [6, 6.07) is 0. The molecule has 1 rings (SSSR count). The van der Waals surface area contributed by atoms with Crippen LogP contribution in [0.5, 0.6) is 0 Å². The zero-order valence-corrected chi connectivity index (χ0v) is 8.44. The summed E-state index contributed by atoms with van der Waals surface area (Å²) in [5.74, 6) is 0. The Hall–Kier alpha value is -0.0166. The second-order valence-corrected chi connectivity index (χ2v) is 5.39. The molecule has 0 saturated heterocycles. The minimum atomic E-state index is -2.14. The Morgan fingerprint density at radius 1 is 1.60 bits per heavy atom. The molecule has 0 saturated carbocycles. The summed E-state index contributed by atoms with van der Waals surface area (Å²) < 4.78 is 11.2. The average Bonchev–Trinajstić information content (AvgIpc) is 2.08. The van der Waals surface area contributed by atoms with Crippen molar-refractivity contribution in [3.8, 4) is 0 Å². The first kappa shape index (κ1) is 9.98. The molecule has 1 aromatic heterocycles. The van der Waals surface area contributed by atoms with Gasteiger partial charge in [0.25, 0.3) is 0 Å². The van der Waals surface area contributed by atoms with Crippen molar-refractivity contribution in [1.82, 2.24) is 9.97 Å². The van der Waals surface area contributed by atoms with Gasteiger partial charge in [-0.3, -0.25) is 4.21 Å². The van der Waals surface area contributed by atoms with Crippen molar-refractivity contribution in [2.45, 2.75) is 5.16 Å². The van der Waals surface area contributed by atoms with Crippen molar-refractivity contribution < 1.29 is 23.7 Å². The molecule has 0 aliphatic carbocycles. The first-order valence-corrected chi connectivity index (χ1v) is 5.26. The van der Waals surface area contributed by atoms with E-state index >= 15 is 0 Å². The van der Waals surface area contributed by atoms with Crippen LogP contribution in [-0.4, -0.2) is 26.7 Å². The van der Waals surface area contributed by atoms with Crippen LogP contribution in [0.2, 0.25) is 0 Å². The maximum absolute atomic E-state index is 11.2. The molecule has 0 aromatic carbocycles. The predicted octanol–water partition coefficient (Wildman–Crippen LogP) is 0.0424. The molecule has 1 heterocycles. The number of aromatic nitrogens is 2. The molecule has 0 aliphatic rings. The topological polar surface area (TPSA) is 45.8 Å². The maximum atomic E-state index is 11.2. The Morgan fingerprint density at radius 3 is 2.40 bits per heavy atom. The van der Waals surface area contributed by atoms with Gasteiger partial charge in [0.1, 0.15) is 0 Å². The quantitative estimate of drug-likeness (QED) is 0.544. The molecule has 60 valence electrons. The largest absolute Gasteiger partial charge is 0.339 e. The molecule has 0 aliphatic heterocycles. The zero-order valence-electron chi connectivity index (χ0n) is 5.81. The first-order chi connectivity index (χ1) is 4.11. The third kappa shape index (κ3) is 2.31. The van der Waals surface area contributed by atoms with Gasteiger partial charge in [0.2, 0.25) is 0 Å². The van der Waals surface area contributed by atoms with Crippen molar-refractivity contribution in [3.05, 3.63) is 12.4 Å². The fourth-order valence-corrected chi connectivity index (χ4v) is 1.28. The number of aromatic amines is 1. The minimum Gasteiger partial charge on any atom is -0.339 e. The number of imidazole rings is 1. The molecule has 0 spiro atoms. The van der Waals surface area contributed by atoms with Crippen LogP contribution in [0.4, 0.5) is 0 Å². The Balaban J connectivity index is 0.000000810. The van der Waals surface area contributed by atoms with Crippen molar-refractivity contribution in [2.75, 3.05) is 12.5 Å². The second kappa shape index (κ2) is 3.40. The summed E-state index contributed by atoms with van der Waals surface area (Å²) in [4.78, 5) is 6.67. The number of H-pyrrole nitrogens is 1. The molecular weight excluding hydrogens is 237 g/mol. The average molecular weight is 247 g/mol. The fourth-order valence-electron chi connectivity index (χ4n) is 0.551. The van der Waals surface area contributed by atoms with E-state index < -0.39 is 9.93 Å². The van der Waals surface area contributed by atoms with E-state index in [1.54, 1.807) is 24.9 Å². The van der Waals surface area contributed by atoms with Gasteiger partial charge in [-0.15, -0.1) is 0 Å². The normalized spacial score (nSPS) is 12.2. The summed E-state index contributed by atoms with van der Waals surface area (Å²) in [5.41, 5.74) is 0. The summed E-state index contributed by atoms with van der Waals surface area (Å²) in [7, 11) is -2.14. The van der Waals surface area contributed by atoms with E-state index in [-0.39, 0.29) is 19.5 Å². The van der Waals surface area contributed by atoms with E-state index in [0.717, 1.165) is 0 Å². The van der Waals surface area contributed by atoms with Crippen molar-refractivity contribution in [1.29, 1.82) is 0 Å². The monoisotopic (exact) mass is 248 g/mol. The summed E-state index contributed by atoms with van der Waals surface area (Å²) in [6.07, 6.45) is 6.65. The predicted molar refractivity (Wildman–Crippen MR) is 38.2 cm³/mol. The fraction of sp³-hybridized carbons (Fsp3) is 0.400. The molecule has 5 heteroatoms. The molecular formula is C5H10N2ORuS. The molecule has 1 aromatic rings. The summed E-state index contributed by atoms with van der Waals surface area (Å²) >= 11 is 0. The van der Waals surface area contributed by atoms with E-state index in [2.05, 4.69) is 9.97 Å². The Labute approximate surface area is 73.8 Å². The van der Waals surface area contributed by atoms with Crippen LogP contribution in [0, 0.1) is 0 Å². The number of hydrogen-bond donors (Lipinski definition) is 2. The van der Waals surface area contributed by atoms with Gasteiger partial charge in [0.05, 0.1) is 0 Å². The molecule has 0 unspecified atom stereocenters. The van der Waals surface area contributed by atoms with Crippen molar-refractivity contribution >= 4 is 9.93 Å². The Morgan fingerprint density at radius 2 is 2.20 bits per heavy atom. The zero-order chi connectivity index (χ0) is 6.91. The molecule has 0 amide bonds. The van der Waals surface area contributed by atoms with Crippen molar-refractivity contribution in [2.24, 2.45) is 0 Å². The van der Waals surface area contributed by atoms with Crippen LogP contribution in [0.15, 0.2) is 17.6 Å². The number of thiol groups is 1. The van der Waals surface area contributed by atoms with Crippen LogP contribution < -0.4 is 0 Å². The second-order valence-electron chi connectivity index (χ2n) is 2.26. The van der Waals surface area contributed by atoms with Crippen LogP contribution in [0.25, 0.3) is 0 Å². The molecule has 3 nitrogen and oxygen atoms in total. The first-order valence-electron chi connectivity index (χ1n) is 2.65. The van der Waals surface area contributed by atoms with Gasteiger partial charge in [-0.2, -0.15) is 0 Å². The van der Waals surface area contributed by atoms with E-state index in [1.807, 2.05) is 0 Å². The van der Waals surface area contributed by atoms with Crippen LogP contribution in [0.3, 0.4) is 0 Å². The third-order valence-corrected chi connectivity index (χ3v) is 2.26. The Kier molecular flexibility index (Phi) is 3.39. The van der Waals surface area contributed by atoms with Gasteiger partial charge in [-0.05, 0) is 12.5 Å². The number of rotatable bonds is 1. The Bertz CT molecular complexity index is 228. The number of hydrogen-bond acceptors (Lipinski definition) is 2. The van der Waals surface area contributed by atoms with Crippen LogP contribution in [0.1, 0.15) is 0 Å². The van der Waals surface area contributed by atoms with Crippen molar-refractivity contribution in [3.63, 3.8) is 0 Å². The molecule has 1 N–H and O–H groups in total. The molecule has 0 radical (unpaired) electrons. The molecule has 0 fully saturated rings. The summed E-state index contributed by atoms with van der Waals surface area (Å²) in [6.45, 7) is 0. The molecule has 0 atom stereocenters. The summed E-state index contributed by atoms with van der Waals surface area (Å²) in [5, 5.41) is 0.600. The molecule has 0 bridgehead atoms. The van der Waals surface area contributed by atoms with Crippen LogP contribution >= 0.6 is 0 Å². The van der Waals surface area contributed by atoms with E-state index in [4.69, 9.17) is 0 Å². The smallest absolute Gasteiger partial charge is 0.171 e. The van der Waals surface area contributed by atoms with Gasteiger partial charge in [0.15, 0.2) is 5.16 Å². The van der Waals surface area contributed by atoms with Gasteiger partial charge in [0, 0.05) is 31.9 Å². The SMILES string of the molecule is C[SH](C)(=O)c1ncc[nH]1.[Ru]. The number of nitrogens with one attached hydrogen (secondary N) is 1. The van der Waals surface area contributed by atoms with E-state index in [0.29, 0.717) is 5.16 Å². The van der Waals surface area contributed by atoms with Gasteiger partial charge in [-0.25, -0.2) is 4.98 Å². The third-order valence-electron chi connectivity index (χ3n) is 0.994. The standard InChI is InChI=1S/C5H10N2OS.Ru/c1-9(2,8)5-6-3-4-7-5;/h3-4,9H,1-2H3,(H,6,7);. The maximum Gasteiger partial charge on any atom is 0.171 e. The van der Waals surface area contributed by atoms with Crippen LogP contribution in [-0.2, 0) is 29.4 Å². The molecule has 10 heavy (non-hydrogen) atoms. The van der Waals surface area contributed by atoms with Gasteiger partial charge in [-0.1, -0.05) is 9.93 Å². The van der Waals surface area contributed by atoms with E-state index in [1.165, 1.54) is 0 Å². The van der Waals surface area contributed by atoms with E-state index in [9.17, 15) is 4.21 Å². The minimum absolute atomic E-state index is 0. The van der Waals surface area contributed by atoms with Gasteiger partial charge < -0.3 is 4.98 Å². The number of nitrogens with zero attached hydrogens (tertiary/aromatic N) is 1.